The molecule has 4 aromatic rings. The Kier molecular flexibility index (Phi) is 5.08. The molecule has 0 aliphatic carbocycles. The molecule has 0 amide bonds. The lowest BCUT2D eigenvalue weighted by Gasteiger charge is -2.34. The van der Waals surface area contributed by atoms with Gasteiger partial charge in [-0.15, -0.1) is 11.3 Å². The van der Waals surface area contributed by atoms with E-state index in [1.54, 1.807) is 29.5 Å². The second-order valence-corrected chi connectivity index (χ2v) is 8.54. The Labute approximate surface area is 181 Å². The maximum Gasteiger partial charge on any atom is 0.368 e. The Hall–Kier alpha value is -3.37. The minimum Gasteiger partial charge on any atom is -0.358 e. The highest BCUT2D eigenvalue weighted by Gasteiger charge is 2.22. The average Bonchev–Trinajstić information content (AvgIpc) is 3.41. The molecule has 10 heteroatoms. The van der Waals surface area contributed by atoms with Crippen molar-refractivity contribution in [1.82, 2.24) is 19.5 Å². The number of rotatable bonds is 5. The van der Waals surface area contributed by atoms with Gasteiger partial charge in [0.15, 0.2) is 5.82 Å². The van der Waals surface area contributed by atoms with E-state index >= 15 is 0 Å². The van der Waals surface area contributed by atoms with Crippen molar-refractivity contribution in [1.29, 1.82) is 0 Å². The number of fused-ring (bicyclic) bond motifs is 1. The van der Waals surface area contributed by atoms with Crippen molar-refractivity contribution in [3.63, 3.8) is 0 Å². The largest absolute Gasteiger partial charge is 0.368 e. The smallest absolute Gasteiger partial charge is 0.358 e. The molecule has 5 rings (SSSR count). The van der Waals surface area contributed by atoms with E-state index in [1.807, 2.05) is 18.2 Å². The number of anilines is 1. The molecule has 1 aromatic carbocycles. The van der Waals surface area contributed by atoms with Gasteiger partial charge in [-0.3, -0.25) is 4.90 Å². The monoisotopic (exact) mass is 438 g/mol. The van der Waals surface area contributed by atoms with Crippen LogP contribution in [0, 0.1) is 15.9 Å². The maximum atomic E-state index is 13.5. The van der Waals surface area contributed by atoms with Gasteiger partial charge in [-0.25, -0.2) is 9.37 Å². The predicted molar refractivity (Wildman–Crippen MR) is 117 cm³/mol. The first kappa shape index (κ1) is 19.6. The van der Waals surface area contributed by atoms with E-state index in [1.165, 1.54) is 21.7 Å². The van der Waals surface area contributed by atoms with Crippen LogP contribution in [0.1, 0.15) is 4.88 Å². The van der Waals surface area contributed by atoms with Crippen LogP contribution >= 0.6 is 11.3 Å². The van der Waals surface area contributed by atoms with Crippen molar-refractivity contribution >= 4 is 28.6 Å². The van der Waals surface area contributed by atoms with E-state index in [9.17, 15) is 14.5 Å². The topological polar surface area (TPSA) is 79.8 Å². The highest BCUT2D eigenvalue weighted by atomic mass is 32.1. The Balaban J connectivity index is 1.23. The highest BCUT2D eigenvalue weighted by molar-refractivity contribution is 7.15. The molecule has 0 atom stereocenters. The molecule has 31 heavy (non-hydrogen) atoms. The summed E-state index contributed by atoms with van der Waals surface area (Å²) in [5, 5.41) is 15.6. The summed E-state index contributed by atoms with van der Waals surface area (Å²) in [6.07, 6.45) is 1.23. The number of nitrogens with zero attached hydrogens (tertiary/aromatic N) is 6. The zero-order valence-electron chi connectivity index (χ0n) is 16.5. The maximum absolute atomic E-state index is 13.5. The third kappa shape index (κ3) is 3.99. The van der Waals surface area contributed by atoms with Crippen molar-refractivity contribution in [2.75, 3.05) is 31.1 Å². The van der Waals surface area contributed by atoms with Crippen molar-refractivity contribution < 1.29 is 9.31 Å². The van der Waals surface area contributed by atoms with Gasteiger partial charge in [0.25, 0.3) is 0 Å². The Morgan fingerprint density at radius 3 is 2.71 bits per heavy atom. The lowest BCUT2D eigenvalue weighted by atomic mass is 10.2. The highest BCUT2D eigenvalue weighted by Crippen LogP contribution is 2.29. The number of hydrogen-bond acceptors (Lipinski definition) is 7. The van der Waals surface area contributed by atoms with Gasteiger partial charge in [-0.05, 0) is 40.8 Å². The average molecular weight is 438 g/mol. The summed E-state index contributed by atoms with van der Waals surface area (Å²) in [4.78, 5) is 21.5. The van der Waals surface area contributed by atoms with Gasteiger partial charge < -0.3 is 15.0 Å². The Morgan fingerprint density at radius 1 is 1.10 bits per heavy atom. The number of imidazole rings is 1. The summed E-state index contributed by atoms with van der Waals surface area (Å²) < 4.78 is 14.8. The predicted octanol–water partition coefficient (Wildman–Crippen LogP) is 3.83. The molecule has 0 N–H and O–H groups in total. The van der Waals surface area contributed by atoms with E-state index in [4.69, 9.17) is 0 Å². The fourth-order valence-electron chi connectivity index (χ4n) is 3.76. The van der Waals surface area contributed by atoms with Gasteiger partial charge in [0.05, 0.1) is 0 Å². The number of aromatic nitrogens is 3. The van der Waals surface area contributed by atoms with Crippen LogP contribution in [0.4, 0.5) is 16.0 Å². The first-order chi connectivity index (χ1) is 15.1. The molecular formula is C21H19FN6O2S. The quantitative estimate of drug-likeness (QED) is 0.348. The molecule has 4 heterocycles. The van der Waals surface area contributed by atoms with Crippen molar-refractivity contribution in [2.24, 2.45) is 0 Å². The van der Waals surface area contributed by atoms with E-state index in [0.29, 0.717) is 11.5 Å². The fourth-order valence-corrected chi connectivity index (χ4v) is 4.81. The fraction of sp³-hybridized carbons (Fsp3) is 0.238. The van der Waals surface area contributed by atoms with Crippen molar-refractivity contribution in [3.05, 3.63) is 75.5 Å². The van der Waals surface area contributed by atoms with Gasteiger partial charge in [0, 0.05) is 48.5 Å². The summed E-state index contributed by atoms with van der Waals surface area (Å²) in [5.41, 5.74) is 1.36. The molecule has 0 spiro atoms. The van der Waals surface area contributed by atoms with Crippen LogP contribution in [0.25, 0.3) is 16.1 Å². The number of piperazine rings is 1. The number of benzene rings is 1. The number of nitro groups is 1. The zero-order valence-corrected chi connectivity index (χ0v) is 17.3. The summed E-state index contributed by atoms with van der Waals surface area (Å²) in [6.45, 7) is 4.12. The van der Waals surface area contributed by atoms with Gasteiger partial charge in [-0.2, -0.15) is 0 Å². The summed E-state index contributed by atoms with van der Waals surface area (Å²) in [6, 6.07) is 14.4. The molecule has 0 unspecified atom stereocenters. The summed E-state index contributed by atoms with van der Waals surface area (Å²) >= 11 is 1.68. The minimum absolute atomic E-state index is 0.137. The first-order valence-corrected chi connectivity index (χ1v) is 10.7. The molecule has 8 nitrogen and oxygen atoms in total. The lowest BCUT2D eigenvalue weighted by molar-refractivity contribution is -0.391. The van der Waals surface area contributed by atoms with E-state index in [0.717, 1.165) is 43.2 Å². The molecule has 1 aliphatic heterocycles. The van der Waals surface area contributed by atoms with Gasteiger partial charge in [0.1, 0.15) is 12.0 Å². The summed E-state index contributed by atoms with van der Waals surface area (Å²) in [7, 11) is 0. The minimum atomic E-state index is -0.478. The van der Waals surface area contributed by atoms with Crippen LogP contribution < -0.4 is 4.90 Å². The zero-order chi connectivity index (χ0) is 21.4. The molecular weight excluding hydrogens is 419 g/mol. The van der Waals surface area contributed by atoms with E-state index < -0.39 is 4.92 Å². The molecule has 0 radical (unpaired) electrons. The molecule has 0 saturated carbocycles. The third-order valence-electron chi connectivity index (χ3n) is 5.36. The molecule has 1 saturated heterocycles. The second kappa shape index (κ2) is 8.05. The molecule has 3 aromatic heterocycles. The standard InChI is InChI=1S/C21H19FN6O2S/c22-16-3-1-2-15(12-16)18-5-4-17(31-18)14-25-8-10-26(11-9-25)20-7-6-19-23-13-21(28(29)30)27(19)24-20/h1-7,12-13H,8-11,14H2. The molecule has 158 valence electrons. The first-order valence-electron chi connectivity index (χ1n) is 9.88. The van der Waals surface area contributed by atoms with Crippen LogP contribution in [0.2, 0.25) is 0 Å². The van der Waals surface area contributed by atoms with Gasteiger partial charge in [0.2, 0.25) is 5.65 Å². The van der Waals surface area contributed by atoms with Crippen LogP contribution in [0.5, 0.6) is 0 Å². The normalized spacial score (nSPS) is 14.9. The molecule has 0 bridgehead atoms. The molecule has 1 aliphatic rings. The number of hydrogen-bond donors (Lipinski definition) is 0. The van der Waals surface area contributed by atoms with Crippen molar-refractivity contribution in [2.45, 2.75) is 6.54 Å². The Morgan fingerprint density at radius 2 is 1.94 bits per heavy atom. The molecule has 1 fully saturated rings. The Bertz CT molecular complexity index is 1250. The summed E-state index contributed by atoms with van der Waals surface area (Å²) in [5.74, 6) is 0.344. The van der Waals surface area contributed by atoms with E-state index in [-0.39, 0.29) is 11.6 Å². The van der Waals surface area contributed by atoms with E-state index in [2.05, 4.69) is 25.9 Å². The van der Waals surface area contributed by atoms with Crippen LogP contribution in [0.3, 0.4) is 0 Å². The lowest BCUT2D eigenvalue weighted by Crippen LogP contribution is -2.46. The number of halogens is 1. The number of thiophene rings is 1. The van der Waals surface area contributed by atoms with Crippen molar-refractivity contribution in [3.8, 4) is 10.4 Å². The third-order valence-corrected chi connectivity index (χ3v) is 6.48. The van der Waals surface area contributed by atoms with Crippen LogP contribution in [-0.4, -0.2) is 50.6 Å². The SMILES string of the molecule is O=[N+]([O-])c1cnc2ccc(N3CCN(Cc4ccc(-c5cccc(F)c5)s4)CC3)nn12. The van der Waals surface area contributed by atoms with Crippen LogP contribution in [0.15, 0.2) is 54.7 Å². The second-order valence-electron chi connectivity index (χ2n) is 7.37. The van der Waals surface area contributed by atoms with Crippen LogP contribution in [-0.2, 0) is 6.54 Å². The van der Waals surface area contributed by atoms with Gasteiger partial charge >= 0.3 is 5.82 Å². The van der Waals surface area contributed by atoms with Gasteiger partial charge in [-0.1, -0.05) is 21.7 Å².